The molecule has 0 spiro atoms. The summed E-state index contributed by atoms with van der Waals surface area (Å²) in [5, 5.41) is 3.54. The number of hydrogen-bond acceptors (Lipinski definition) is 2. The van der Waals surface area contributed by atoms with Crippen LogP contribution in [0.15, 0.2) is 48.8 Å². The molecule has 100 valence electrons. The van der Waals surface area contributed by atoms with E-state index in [1.807, 2.05) is 24.3 Å². The van der Waals surface area contributed by atoms with Gasteiger partial charge in [0.25, 0.3) is 0 Å². The standard InChI is InChI=1S/C16H19FN2/c1-12(11-14-3-5-16(17)6-4-14)19-13(2)15-7-9-18-10-8-15/h3-10,12-13,19H,11H2,1-2H3. The van der Waals surface area contributed by atoms with Crippen molar-refractivity contribution in [2.45, 2.75) is 32.4 Å². The zero-order chi connectivity index (χ0) is 13.7. The van der Waals surface area contributed by atoms with E-state index in [0.717, 1.165) is 12.0 Å². The van der Waals surface area contributed by atoms with Gasteiger partial charge in [0.05, 0.1) is 0 Å². The van der Waals surface area contributed by atoms with Crippen molar-refractivity contribution in [1.29, 1.82) is 0 Å². The zero-order valence-corrected chi connectivity index (χ0v) is 11.3. The molecule has 0 aliphatic heterocycles. The molecule has 0 aliphatic carbocycles. The Morgan fingerprint density at radius 1 is 1.05 bits per heavy atom. The lowest BCUT2D eigenvalue weighted by atomic mass is 10.0. The van der Waals surface area contributed by atoms with Crippen molar-refractivity contribution in [2.24, 2.45) is 0 Å². The number of nitrogens with one attached hydrogen (secondary N) is 1. The van der Waals surface area contributed by atoms with E-state index < -0.39 is 0 Å². The van der Waals surface area contributed by atoms with Gasteiger partial charge in [-0.3, -0.25) is 4.98 Å². The van der Waals surface area contributed by atoms with Crippen LogP contribution in [0.5, 0.6) is 0 Å². The molecule has 0 fully saturated rings. The fraction of sp³-hybridized carbons (Fsp3) is 0.312. The summed E-state index contributed by atoms with van der Waals surface area (Å²) in [6.07, 6.45) is 4.49. The molecule has 3 heteroatoms. The second-order valence-electron chi connectivity index (χ2n) is 4.90. The third-order valence-electron chi connectivity index (χ3n) is 3.20. The van der Waals surface area contributed by atoms with Crippen molar-refractivity contribution in [3.8, 4) is 0 Å². The average Bonchev–Trinajstić information content (AvgIpc) is 2.42. The molecule has 1 heterocycles. The summed E-state index contributed by atoms with van der Waals surface area (Å²) in [6.45, 7) is 4.28. The van der Waals surface area contributed by atoms with Crippen LogP contribution >= 0.6 is 0 Å². The number of nitrogens with zero attached hydrogens (tertiary/aromatic N) is 1. The molecule has 0 saturated carbocycles. The van der Waals surface area contributed by atoms with E-state index in [-0.39, 0.29) is 11.9 Å². The minimum Gasteiger partial charge on any atom is -0.307 e. The van der Waals surface area contributed by atoms with Gasteiger partial charge in [0.1, 0.15) is 5.82 Å². The first-order valence-corrected chi connectivity index (χ1v) is 6.55. The average molecular weight is 258 g/mol. The molecule has 2 atom stereocenters. The molecule has 0 aliphatic rings. The molecule has 0 radical (unpaired) electrons. The maximum absolute atomic E-state index is 12.8. The van der Waals surface area contributed by atoms with Gasteiger partial charge in [0.15, 0.2) is 0 Å². The third kappa shape index (κ3) is 4.14. The van der Waals surface area contributed by atoms with Crippen molar-refractivity contribution in [3.05, 3.63) is 65.7 Å². The van der Waals surface area contributed by atoms with Gasteiger partial charge in [-0.15, -0.1) is 0 Å². The highest BCUT2D eigenvalue weighted by Gasteiger charge is 2.09. The molecule has 0 amide bonds. The van der Waals surface area contributed by atoms with Crippen molar-refractivity contribution >= 4 is 0 Å². The summed E-state index contributed by atoms with van der Waals surface area (Å²) < 4.78 is 12.8. The lowest BCUT2D eigenvalue weighted by molar-refractivity contribution is 0.476. The molecule has 2 rings (SSSR count). The summed E-state index contributed by atoms with van der Waals surface area (Å²) in [5.74, 6) is -0.186. The van der Waals surface area contributed by atoms with Crippen LogP contribution in [0, 0.1) is 5.82 Å². The molecule has 1 aromatic carbocycles. The first-order chi connectivity index (χ1) is 9.15. The number of hydrogen-bond donors (Lipinski definition) is 1. The van der Waals surface area contributed by atoms with Crippen LogP contribution in [0.3, 0.4) is 0 Å². The van der Waals surface area contributed by atoms with Crippen LogP contribution < -0.4 is 5.32 Å². The van der Waals surface area contributed by atoms with Crippen LogP contribution in [-0.4, -0.2) is 11.0 Å². The van der Waals surface area contributed by atoms with Gasteiger partial charge in [0.2, 0.25) is 0 Å². The monoisotopic (exact) mass is 258 g/mol. The predicted molar refractivity (Wildman–Crippen MR) is 75.4 cm³/mol. The van der Waals surface area contributed by atoms with Crippen molar-refractivity contribution in [1.82, 2.24) is 10.3 Å². The van der Waals surface area contributed by atoms with E-state index in [2.05, 4.69) is 24.1 Å². The van der Waals surface area contributed by atoms with Crippen LogP contribution in [0.1, 0.15) is 31.0 Å². The highest BCUT2D eigenvalue weighted by atomic mass is 19.1. The van der Waals surface area contributed by atoms with E-state index in [1.165, 1.54) is 17.7 Å². The Balaban J connectivity index is 1.90. The normalized spacial score (nSPS) is 14.1. The van der Waals surface area contributed by atoms with Gasteiger partial charge in [-0.2, -0.15) is 0 Å². The Hall–Kier alpha value is -1.74. The van der Waals surface area contributed by atoms with Crippen LogP contribution in [0.2, 0.25) is 0 Å². The highest BCUT2D eigenvalue weighted by Crippen LogP contribution is 2.13. The molecule has 1 aromatic heterocycles. The lowest BCUT2D eigenvalue weighted by Crippen LogP contribution is -2.30. The van der Waals surface area contributed by atoms with Crippen LogP contribution in [0.4, 0.5) is 4.39 Å². The number of rotatable bonds is 5. The molecular weight excluding hydrogens is 239 g/mol. The Kier molecular flexibility index (Phi) is 4.63. The molecule has 19 heavy (non-hydrogen) atoms. The largest absolute Gasteiger partial charge is 0.307 e. The second-order valence-corrected chi connectivity index (χ2v) is 4.90. The van der Waals surface area contributed by atoms with E-state index in [9.17, 15) is 4.39 Å². The fourth-order valence-corrected chi connectivity index (χ4v) is 2.21. The second kappa shape index (κ2) is 6.43. The molecule has 2 nitrogen and oxygen atoms in total. The number of pyridine rings is 1. The minimum atomic E-state index is -0.186. The van der Waals surface area contributed by atoms with Gasteiger partial charge in [-0.1, -0.05) is 12.1 Å². The Bertz CT molecular complexity index is 496. The number of benzene rings is 1. The Morgan fingerprint density at radius 3 is 2.32 bits per heavy atom. The van der Waals surface area contributed by atoms with Crippen molar-refractivity contribution < 1.29 is 4.39 Å². The first kappa shape index (κ1) is 13.7. The van der Waals surface area contributed by atoms with Gasteiger partial charge in [-0.25, -0.2) is 4.39 Å². The molecule has 1 N–H and O–H groups in total. The fourth-order valence-electron chi connectivity index (χ4n) is 2.21. The first-order valence-electron chi connectivity index (χ1n) is 6.55. The summed E-state index contributed by atoms with van der Waals surface area (Å²) in [5.41, 5.74) is 2.37. The molecule has 2 aromatic rings. The van der Waals surface area contributed by atoms with Gasteiger partial charge >= 0.3 is 0 Å². The third-order valence-corrected chi connectivity index (χ3v) is 3.20. The summed E-state index contributed by atoms with van der Waals surface area (Å²) in [4.78, 5) is 4.02. The number of halogens is 1. The Labute approximate surface area is 113 Å². The van der Waals surface area contributed by atoms with Crippen molar-refractivity contribution in [2.75, 3.05) is 0 Å². The van der Waals surface area contributed by atoms with Crippen molar-refractivity contribution in [3.63, 3.8) is 0 Å². The Morgan fingerprint density at radius 2 is 1.68 bits per heavy atom. The molecular formula is C16H19FN2. The lowest BCUT2D eigenvalue weighted by Gasteiger charge is -2.20. The SMILES string of the molecule is CC(Cc1ccc(F)cc1)NC(C)c1ccncc1. The minimum absolute atomic E-state index is 0.186. The molecule has 0 bridgehead atoms. The van der Waals surface area contributed by atoms with E-state index in [1.54, 1.807) is 12.4 Å². The summed E-state index contributed by atoms with van der Waals surface area (Å²) >= 11 is 0. The van der Waals surface area contributed by atoms with E-state index in [0.29, 0.717) is 6.04 Å². The van der Waals surface area contributed by atoms with Gasteiger partial charge in [-0.05, 0) is 55.7 Å². The quantitative estimate of drug-likeness (QED) is 0.887. The van der Waals surface area contributed by atoms with E-state index in [4.69, 9.17) is 0 Å². The topological polar surface area (TPSA) is 24.9 Å². The summed E-state index contributed by atoms with van der Waals surface area (Å²) in [6, 6.07) is 11.3. The van der Waals surface area contributed by atoms with Crippen LogP contribution in [0.25, 0.3) is 0 Å². The molecule has 0 saturated heterocycles. The molecule has 2 unspecified atom stereocenters. The smallest absolute Gasteiger partial charge is 0.123 e. The zero-order valence-electron chi connectivity index (χ0n) is 11.3. The van der Waals surface area contributed by atoms with Gasteiger partial charge < -0.3 is 5.32 Å². The predicted octanol–water partition coefficient (Wildman–Crippen LogP) is 3.50. The van der Waals surface area contributed by atoms with Crippen LogP contribution in [-0.2, 0) is 6.42 Å². The van der Waals surface area contributed by atoms with Gasteiger partial charge in [0, 0.05) is 24.5 Å². The van der Waals surface area contributed by atoms with E-state index >= 15 is 0 Å². The maximum atomic E-state index is 12.8. The highest BCUT2D eigenvalue weighted by molar-refractivity contribution is 5.18. The number of aromatic nitrogens is 1. The summed E-state index contributed by atoms with van der Waals surface area (Å²) in [7, 11) is 0. The maximum Gasteiger partial charge on any atom is 0.123 e.